The van der Waals surface area contributed by atoms with Crippen molar-refractivity contribution in [2.24, 2.45) is 0 Å². The van der Waals surface area contributed by atoms with E-state index >= 15 is 0 Å². The largest absolute Gasteiger partial charge is 0.452 e. The summed E-state index contributed by atoms with van der Waals surface area (Å²) < 4.78 is 29.2. The lowest BCUT2D eigenvalue weighted by Crippen LogP contribution is -2.63. The van der Waals surface area contributed by atoms with Crippen LogP contribution in [0.1, 0.15) is 41.0 Å². The fraction of sp³-hybridized carbons (Fsp3) is 0.722. The molecule has 0 saturated carbocycles. The first-order valence-electron chi connectivity index (χ1n) is 8.54. The van der Waals surface area contributed by atoms with Gasteiger partial charge in [-0.15, -0.1) is 0 Å². The minimum atomic E-state index is -0.819. The molecule has 3 aliphatic rings. The van der Waals surface area contributed by atoms with Gasteiger partial charge in [0.25, 0.3) is 0 Å². The monoisotopic (exact) mass is 353 g/mol. The van der Waals surface area contributed by atoms with E-state index in [1.165, 1.54) is 0 Å². The predicted octanol–water partition coefficient (Wildman–Crippen LogP) is 1.98. The van der Waals surface area contributed by atoms with Crippen molar-refractivity contribution in [2.45, 2.75) is 77.0 Å². The highest BCUT2D eigenvalue weighted by atomic mass is 16.8. The Hall–Kier alpha value is -1.41. The number of hydrogen-bond donors (Lipinski definition) is 1. The molecule has 3 aliphatic heterocycles. The lowest BCUT2D eigenvalue weighted by atomic mass is 9.89. The molecule has 0 aliphatic carbocycles. The van der Waals surface area contributed by atoms with Crippen LogP contribution in [0.4, 0.5) is 0 Å². The Bertz CT molecular complexity index is 609. The van der Waals surface area contributed by atoms with E-state index in [1.54, 1.807) is 13.2 Å². The molecule has 4 atom stereocenters. The van der Waals surface area contributed by atoms with Gasteiger partial charge in [-0.2, -0.15) is 0 Å². The second kappa shape index (κ2) is 6.39. The van der Waals surface area contributed by atoms with Crippen molar-refractivity contribution >= 4 is 5.97 Å². The maximum absolute atomic E-state index is 12.7. The van der Waals surface area contributed by atoms with Crippen LogP contribution < -0.4 is 5.32 Å². The number of dihydropyridines is 1. The Kier molecular flexibility index (Phi) is 4.70. The number of carbonyl (C=O) groups excluding carboxylic acids is 1. The zero-order chi connectivity index (χ0) is 18.4. The van der Waals surface area contributed by atoms with Gasteiger partial charge in [0.15, 0.2) is 24.3 Å². The minimum absolute atomic E-state index is 0.425. The summed E-state index contributed by atoms with van der Waals surface area (Å²) in [7, 11) is 1.57. The van der Waals surface area contributed by atoms with E-state index in [2.05, 4.69) is 5.32 Å². The van der Waals surface area contributed by atoms with Crippen LogP contribution in [0.3, 0.4) is 0 Å². The summed E-state index contributed by atoms with van der Waals surface area (Å²) in [5.41, 5.74) is 0.646. The molecule has 0 spiro atoms. The molecule has 0 aromatic rings. The maximum atomic E-state index is 12.7. The SMILES string of the molecule is COC1C(OC(=O)C2=CCC=C(C)N2)C2OC(C)(C)OC2OC1(C)C. The Balaban J connectivity index is 1.82. The van der Waals surface area contributed by atoms with Gasteiger partial charge >= 0.3 is 5.97 Å². The smallest absolute Gasteiger partial charge is 0.354 e. The van der Waals surface area contributed by atoms with Crippen LogP contribution in [-0.4, -0.2) is 49.1 Å². The molecular formula is C18H27NO6. The van der Waals surface area contributed by atoms with Gasteiger partial charge in [0.2, 0.25) is 0 Å². The molecule has 0 aromatic heterocycles. The van der Waals surface area contributed by atoms with Gasteiger partial charge in [-0.3, -0.25) is 0 Å². The van der Waals surface area contributed by atoms with Gasteiger partial charge < -0.3 is 29.0 Å². The molecule has 4 unspecified atom stereocenters. The molecule has 0 radical (unpaired) electrons. The van der Waals surface area contributed by atoms with Crippen LogP contribution in [0, 0.1) is 0 Å². The van der Waals surface area contributed by atoms with Crippen LogP contribution in [0.15, 0.2) is 23.5 Å². The van der Waals surface area contributed by atoms with Crippen molar-refractivity contribution in [2.75, 3.05) is 7.11 Å². The molecule has 3 rings (SSSR count). The molecule has 2 saturated heterocycles. The first kappa shape index (κ1) is 18.4. The molecule has 25 heavy (non-hydrogen) atoms. The Morgan fingerprint density at radius 1 is 1.20 bits per heavy atom. The predicted molar refractivity (Wildman–Crippen MR) is 89.3 cm³/mol. The fourth-order valence-corrected chi connectivity index (χ4v) is 3.54. The van der Waals surface area contributed by atoms with Crippen molar-refractivity contribution in [1.82, 2.24) is 5.32 Å². The summed E-state index contributed by atoms with van der Waals surface area (Å²) in [5.74, 6) is -1.26. The molecule has 7 heteroatoms. The third-order valence-corrected chi connectivity index (χ3v) is 4.61. The van der Waals surface area contributed by atoms with Crippen molar-refractivity contribution < 1.29 is 28.5 Å². The third-order valence-electron chi connectivity index (χ3n) is 4.61. The number of fused-ring (bicyclic) bond motifs is 1. The highest BCUT2D eigenvalue weighted by molar-refractivity contribution is 5.88. The van der Waals surface area contributed by atoms with E-state index in [0.717, 1.165) is 5.70 Å². The first-order chi connectivity index (χ1) is 11.6. The van der Waals surface area contributed by atoms with Gasteiger partial charge in [-0.05, 0) is 47.1 Å². The highest BCUT2D eigenvalue weighted by Crippen LogP contribution is 2.42. The van der Waals surface area contributed by atoms with Crippen LogP contribution in [0.2, 0.25) is 0 Å². The summed E-state index contributed by atoms with van der Waals surface area (Å²) in [4.78, 5) is 12.7. The maximum Gasteiger partial charge on any atom is 0.354 e. The van der Waals surface area contributed by atoms with E-state index in [4.69, 9.17) is 23.7 Å². The summed E-state index contributed by atoms with van der Waals surface area (Å²) in [6.45, 7) is 9.29. The summed E-state index contributed by atoms with van der Waals surface area (Å²) in [6, 6.07) is 0. The number of allylic oxidation sites excluding steroid dienone is 3. The minimum Gasteiger partial charge on any atom is -0.452 e. The van der Waals surface area contributed by atoms with Crippen molar-refractivity contribution in [3.8, 4) is 0 Å². The molecule has 2 fully saturated rings. The number of carbonyl (C=O) groups is 1. The lowest BCUT2D eigenvalue weighted by Gasteiger charge is -2.46. The van der Waals surface area contributed by atoms with Gasteiger partial charge in [0, 0.05) is 12.8 Å². The second-order valence-electron chi connectivity index (χ2n) is 7.58. The first-order valence-corrected chi connectivity index (χ1v) is 8.54. The third kappa shape index (κ3) is 3.60. The van der Waals surface area contributed by atoms with Crippen molar-refractivity contribution in [3.05, 3.63) is 23.5 Å². The topological polar surface area (TPSA) is 75.3 Å². The highest BCUT2D eigenvalue weighted by Gasteiger charge is 2.59. The second-order valence-corrected chi connectivity index (χ2v) is 7.58. The molecule has 3 heterocycles. The van der Waals surface area contributed by atoms with E-state index < -0.39 is 42.0 Å². The van der Waals surface area contributed by atoms with Crippen LogP contribution in [-0.2, 0) is 28.5 Å². The van der Waals surface area contributed by atoms with Gasteiger partial charge in [-0.1, -0.05) is 6.08 Å². The fourth-order valence-electron chi connectivity index (χ4n) is 3.54. The summed E-state index contributed by atoms with van der Waals surface area (Å²) in [5, 5.41) is 3.04. The number of methoxy groups -OCH3 is 1. The Morgan fingerprint density at radius 2 is 1.92 bits per heavy atom. The number of esters is 1. The number of rotatable bonds is 3. The molecule has 0 amide bonds. The van der Waals surface area contributed by atoms with E-state index in [-0.39, 0.29) is 0 Å². The Morgan fingerprint density at radius 3 is 2.56 bits per heavy atom. The number of ether oxygens (including phenoxy) is 5. The standard InChI is InChI=1S/C18H27NO6/c1-10-8-7-9-11(19-10)15(20)22-12-13-16(25-18(4,5)23-13)24-17(2,3)14(12)21-6/h8-9,12-14,16,19H,7H2,1-6H3. The normalized spacial score (nSPS) is 35.9. The molecular weight excluding hydrogens is 326 g/mol. The molecule has 0 aromatic carbocycles. The number of nitrogens with one attached hydrogen (secondary N) is 1. The van der Waals surface area contributed by atoms with Crippen molar-refractivity contribution in [3.63, 3.8) is 0 Å². The van der Waals surface area contributed by atoms with E-state index in [0.29, 0.717) is 12.1 Å². The van der Waals surface area contributed by atoms with Gasteiger partial charge in [0.05, 0.1) is 5.60 Å². The summed E-state index contributed by atoms with van der Waals surface area (Å²) in [6.07, 6.45) is 2.17. The van der Waals surface area contributed by atoms with Crippen molar-refractivity contribution in [1.29, 1.82) is 0 Å². The zero-order valence-corrected chi connectivity index (χ0v) is 15.6. The summed E-state index contributed by atoms with van der Waals surface area (Å²) >= 11 is 0. The zero-order valence-electron chi connectivity index (χ0n) is 15.6. The van der Waals surface area contributed by atoms with Gasteiger partial charge in [-0.25, -0.2) is 4.79 Å². The Labute approximate surface area is 148 Å². The molecule has 1 N–H and O–H groups in total. The van der Waals surface area contributed by atoms with Crippen LogP contribution >= 0.6 is 0 Å². The average Bonchev–Trinajstić information content (AvgIpc) is 2.80. The van der Waals surface area contributed by atoms with E-state index in [9.17, 15) is 4.79 Å². The average molecular weight is 353 g/mol. The van der Waals surface area contributed by atoms with Crippen LogP contribution in [0.25, 0.3) is 0 Å². The van der Waals surface area contributed by atoms with Crippen LogP contribution in [0.5, 0.6) is 0 Å². The molecule has 140 valence electrons. The molecule has 0 bridgehead atoms. The number of hydrogen-bond acceptors (Lipinski definition) is 7. The molecule has 7 nitrogen and oxygen atoms in total. The quantitative estimate of drug-likeness (QED) is 0.778. The lowest BCUT2D eigenvalue weighted by molar-refractivity contribution is -0.289. The van der Waals surface area contributed by atoms with Gasteiger partial charge in [0.1, 0.15) is 11.8 Å². The van der Waals surface area contributed by atoms with E-state index in [1.807, 2.05) is 40.7 Å².